The lowest BCUT2D eigenvalue weighted by Crippen LogP contribution is -2.12. The summed E-state index contributed by atoms with van der Waals surface area (Å²) in [4.78, 5) is 17.8. The van der Waals surface area contributed by atoms with E-state index in [0.29, 0.717) is 12.2 Å². The van der Waals surface area contributed by atoms with E-state index in [1.807, 2.05) is 32.0 Å². The van der Waals surface area contributed by atoms with E-state index >= 15 is 0 Å². The maximum absolute atomic E-state index is 11.9. The van der Waals surface area contributed by atoms with E-state index < -0.39 is 0 Å². The van der Waals surface area contributed by atoms with Crippen molar-refractivity contribution in [2.45, 2.75) is 13.8 Å². The number of hydrogen-bond donors (Lipinski definition) is 0. The number of ether oxygens (including phenoxy) is 1. The Hall–Kier alpha value is -1.84. The Bertz CT molecular complexity index is 425. The lowest BCUT2D eigenvalue weighted by Gasteiger charge is -2.12. The smallest absolute Gasteiger partial charge is 0.340 e. The molecule has 1 heterocycles. The Morgan fingerprint density at radius 3 is 2.76 bits per heavy atom. The van der Waals surface area contributed by atoms with Crippen molar-refractivity contribution >= 4 is 11.5 Å². The normalized spacial score (nSPS) is 11.2. The topological polar surface area (TPSA) is 42.4 Å². The number of hydrogen-bond acceptors (Lipinski definition) is 4. The van der Waals surface area contributed by atoms with Crippen LogP contribution in [0, 0.1) is 6.92 Å². The van der Waals surface area contributed by atoms with Gasteiger partial charge < -0.3 is 9.64 Å². The van der Waals surface area contributed by atoms with Gasteiger partial charge in [0.15, 0.2) is 0 Å². The van der Waals surface area contributed by atoms with Crippen molar-refractivity contribution in [2.24, 2.45) is 0 Å². The van der Waals surface area contributed by atoms with Gasteiger partial charge >= 0.3 is 5.97 Å². The molecule has 0 N–H and O–H groups in total. The molecule has 0 aliphatic carbocycles. The molecule has 0 aliphatic heterocycles. The molecule has 0 amide bonds. The van der Waals surface area contributed by atoms with E-state index in [4.69, 9.17) is 4.74 Å². The molecule has 0 aromatic carbocycles. The number of pyridine rings is 1. The van der Waals surface area contributed by atoms with Gasteiger partial charge in [-0.3, -0.25) is 4.98 Å². The van der Waals surface area contributed by atoms with Crippen LogP contribution in [0.15, 0.2) is 24.7 Å². The molecule has 0 radical (unpaired) electrons. The number of rotatable bonds is 4. The molecule has 0 fully saturated rings. The van der Waals surface area contributed by atoms with Gasteiger partial charge in [0, 0.05) is 38.3 Å². The third-order valence-electron chi connectivity index (χ3n) is 2.21. The standard InChI is InChI=1S/C13H18N2O2/c1-5-17-13(16)12(9-15(3)4)11-8-14-7-6-10(11)2/h6-9H,5H2,1-4H3. The minimum Gasteiger partial charge on any atom is -0.462 e. The lowest BCUT2D eigenvalue weighted by molar-refractivity contribution is -0.136. The fourth-order valence-electron chi connectivity index (χ4n) is 1.45. The quantitative estimate of drug-likeness (QED) is 0.589. The van der Waals surface area contributed by atoms with Gasteiger partial charge in [0.25, 0.3) is 0 Å². The van der Waals surface area contributed by atoms with Gasteiger partial charge in [0.05, 0.1) is 12.2 Å². The summed E-state index contributed by atoms with van der Waals surface area (Å²) in [7, 11) is 3.73. The number of nitrogens with zero attached hydrogens (tertiary/aromatic N) is 2. The summed E-state index contributed by atoms with van der Waals surface area (Å²) in [5.41, 5.74) is 2.34. The van der Waals surface area contributed by atoms with E-state index in [1.165, 1.54) is 0 Å². The molecule has 0 aliphatic rings. The van der Waals surface area contributed by atoms with Gasteiger partial charge in [-0.2, -0.15) is 0 Å². The minimum atomic E-state index is -0.322. The molecule has 4 heteroatoms. The van der Waals surface area contributed by atoms with Gasteiger partial charge in [-0.25, -0.2) is 4.79 Å². The van der Waals surface area contributed by atoms with Crippen molar-refractivity contribution in [3.05, 3.63) is 35.8 Å². The molecule has 1 aromatic heterocycles. The van der Waals surface area contributed by atoms with Crippen LogP contribution in [0.2, 0.25) is 0 Å². The highest BCUT2D eigenvalue weighted by Gasteiger charge is 2.15. The third kappa shape index (κ3) is 3.59. The molecule has 0 saturated carbocycles. The van der Waals surface area contributed by atoms with Crippen LogP contribution in [-0.4, -0.2) is 36.6 Å². The fraction of sp³-hybridized carbons (Fsp3) is 0.385. The van der Waals surface area contributed by atoms with E-state index in [2.05, 4.69) is 4.98 Å². The largest absolute Gasteiger partial charge is 0.462 e. The van der Waals surface area contributed by atoms with Crippen LogP contribution in [0.3, 0.4) is 0 Å². The summed E-state index contributed by atoms with van der Waals surface area (Å²) < 4.78 is 5.05. The molecular weight excluding hydrogens is 216 g/mol. The predicted molar refractivity (Wildman–Crippen MR) is 67.3 cm³/mol. The molecule has 17 heavy (non-hydrogen) atoms. The average molecular weight is 234 g/mol. The lowest BCUT2D eigenvalue weighted by atomic mass is 10.0. The third-order valence-corrected chi connectivity index (χ3v) is 2.21. The van der Waals surface area contributed by atoms with Crippen LogP contribution >= 0.6 is 0 Å². The Labute approximate surface area is 102 Å². The first kappa shape index (κ1) is 13.2. The van der Waals surface area contributed by atoms with Crippen molar-refractivity contribution < 1.29 is 9.53 Å². The second-order valence-electron chi connectivity index (χ2n) is 3.92. The van der Waals surface area contributed by atoms with Gasteiger partial charge in [-0.05, 0) is 25.5 Å². The molecule has 0 bridgehead atoms. The predicted octanol–water partition coefficient (Wildman–Crippen LogP) is 1.86. The molecule has 0 spiro atoms. The van der Waals surface area contributed by atoms with E-state index in [-0.39, 0.29) is 5.97 Å². The maximum atomic E-state index is 11.9. The Morgan fingerprint density at radius 2 is 2.24 bits per heavy atom. The zero-order chi connectivity index (χ0) is 12.8. The van der Waals surface area contributed by atoms with Crippen LogP contribution in [0.5, 0.6) is 0 Å². The number of carbonyl (C=O) groups is 1. The molecule has 0 saturated heterocycles. The summed E-state index contributed by atoms with van der Waals surface area (Å²) >= 11 is 0. The Balaban J connectivity index is 3.16. The van der Waals surface area contributed by atoms with Crippen LogP contribution in [0.4, 0.5) is 0 Å². The Kier molecular flexibility index (Phi) is 4.69. The number of carbonyl (C=O) groups excluding carboxylic acids is 1. The van der Waals surface area contributed by atoms with Gasteiger partial charge in [-0.1, -0.05) is 0 Å². The molecule has 92 valence electrons. The van der Waals surface area contributed by atoms with Crippen molar-refractivity contribution in [3.8, 4) is 0 Å². The summed E-state index contributed by atoms with van der Waals surface area (Å²) in [5.74, 6) is -0.322. The van der Waals surface area contributed by atoms with Gasteiger partial charge in [0.2, 0.25) is 0 Å². The number of esters is 1. The number of aromatic nitrogens is 1. The van der Waals surface area contributed by atoms with Crippen molar-refractivity contribution in [1.29, 1.82) is 0 Å². The molecular formula is C13H18N2O2. The summed E-state index contributed by atoms with van der Waals surface area (Å²) in [6.45, 7) is 4.10. The molecule has 1 aromatic rings. The minimum absolute atomic E-state index is 0.322. The van der Waals surface area contributed by atoms with Crippen molar-refractivity contribution in [3.63, 3.8) is 0 Å². The van der Waals surface area contributed by atoms with Crippen LogP contribution in [-0.2, 0) is 9.53 Å². The second-order valence-corrected chi connectivity index (χ2v) is 3.92. The van der Waals surface area contributed by atoms with E-state index in [1.54, 1.807) is 25.5 Å². The zero-order valence-corrected chi connectivity index (χ0v) is 10.7. The van der Waals surface area contributed by atoms with E-state index in [9.17, 15) is 4.79 Å². The molecule has 4 nitrogen and oxygen atoms in total. The first-order chi connectivity index (χ1) is 8.06. The Morgan fingerprint density at radius 1 is 1.53 bits per heavy atom. The number of aryl methyl sites for hydroxylation is 1. The second kappa shape index (κ2) is 6.03. The van der Waals surface area contributed by atoms with Gasteiger partial charge in [-0.15, -0.1) is 0 Å². The average Bonchev–Trinajstić information content (AvgIpc) is 2.27. The summed E-state index contributed by atoms with van der Waals surface area (Å²) in [6.07, 6.45) is 5.14. The highest BCUT2D eigenvalue weighted by atomic mass is 16.5. The van der Waals surface area contributed by atoms with Crippen molar-refractivity contribution in [2.75, 3.05) is 20.7 Å². The highest BCUT2D eigenvalue weighted by Crippen LogP contribution is 2.19. The SMILES string of the molecule is CCOC(=O)C(=CN(C)C)c1cnccc1C. The first-order valence-electron chi connectivity index (χ1n) is 5.52. The summed E-state index contributed by atoms with van der Waals surface area (Å²) in [5, 5.41) is 0. The molecule has 0 unspecified atom stereocenters. The van der Waals surface area contributed by atoms with Crippen LogP contribution in [0.1, 0.15) is 18.1 Å². The zero-order valence-electron chi connectivity index (χ0n) is 10.7. The van der Waals surface area contributed by atoms with Crippen molar-refractivity contribution in [1.82, 2.24) is 9.88 Å². The van der Waals surface area contributed by atoms with Crippen LogP contribution in [0.25, 0.3) is 5.57 Å². The van der Waals surface area contributed by atoms with Gasteiger partial charge in [0.1, 0.15) is 0 Å². The fourth-order valence-corrected chi connectivity index (χ4v) is 1.45. The molecule has 1 rings (SSSR count). The highest BCUT2D eigenvalue weighted by molar-refractivity contribution is 6.16. The summed E-state index contributed by atoms with van der Waals surface area (Å²) in [6, 6.07) is 1.87. The maximum Gasteiger partial charge on any atom is 0.340 e. The van der Waals surface area contributed by atoms with Crippen LogP contribution < -0.4 is 0 Å². The van der Waals surface area contributed by atoms with E-state index in [0.717, 1.165) is 11.1 Å². The molecule has 0 atom stereocenters. The monoisotopic (exact) mass is 234 g/mol. The first-order valence-corrected chi connectivity index (χ1v) is 5.52.